The molecule has 0 radical (unpaired) electrons. The molecule has 0 atom stereocenters. The van der Waals surface area contributed by atoms with Crippen LogP contribution in [0.2, 0.25) is 0 Å². The van der Waals surface area contributed by atoms with Crippen LogP contribution in [0, 0.1) is 6.92 Å². The number of anilines is 1. The summed E-state index contributed by atoms with van der Waals surface area (Å²) in [5.41, 5.74) is 0.804. The number of hydrogen-bond acceptors (Lipinski definition) is 5. The van der Waals surface area contributed by atoms with Crippen LogP contribution in [-0.2, 0) is 17.1 Å². The zero-order chi connectivity index (χ0) is 17.5. The minimum atomic E-state index is -3.91. The molecule has 2 aromatic heterocycles. The number of H-pyrrole nitrogens is 1. The molecule has 2 N–H and O–H groups in total. The number of methoxy groups -OCH3 is 1. The maximum absolute atomic E-state index is 12.6. The topological polar surface area (TPSA) is 106 Å². The lowest BCUT2D eigenvalue weighted by molar-refractivity contribution is 0.413. The van der Waals surface area contributed by atoms with Gasteiger partial charge in [-0.1, -0.05) is 6.07 Å². The molecule has 3 aromatic rings. The number of rotatable bonds is 4. The monoisotopic (exact) mass is 348 g/mol. The van der Waals surface area contributed by atoms with E-state index in [2.05, 4.69) is 14.8 Å². The van der Waals surface area contributed by atoms with Crippen LogP contribution in [-0.4, -0.2) is 30.3 Å². The van der Waals surface area contributed by atoms with Gasteiger partial charge in [0.2, 0.25) is 0 Å². The van der Waals surface area contributed by atoms with Gasteiger partial charge in [-0.05, 0) is 25.1 Å². The maximum atomic E-state index is 12.6. The molecular formula is C15H16N4O4S. The number of fused-ring (bicyclic) bond motifs is 1. The van der Waals surface area contributed by atoms with Gasteiger partial charge >= 0.3 is 0 Å². The first-order chi connectivity index (χ1) is 11.3. The van der Waals surface area contributed by atoms with E-state index in [1.54, 1.807) is 32.2 Å². The van der Waals surface area contributed by atoms with Crippen LogP contribution in [0.25, 0.3) is 10.9 Å². The zero-order valence-electron chi connectivity index (χ0n) is 13.3. The molecule has 0 aliphatic carbocycles. The Labute approximate surface area is 138 Å². The van der Waals surface area contributed by atoms with Crippen LogP contribution in [0.1, 0.15) is 5.69 Å². The van der Waals surface area contributed by atoms with Crippen LogP contribution < -0.4 is 15.0 Å². The predicted octanol–water partition coefficient (Wildman–Crippen LogP) is 1.38. The molecule has 1 aromatic carbocycles. The number of hydrogen-bond donors (Lipinski definition) is 2. The van der Waals surface area contributed by atoms with E-state index < -0.39 is 15.6 Å². The molecule has 0 fully saturated rings. The van der Waals surface area contributed by atoms with Crippen molar-refractivity contribution in [2.24, 2.45) is 7.05 Å². The first kappa shape index (κ1) is 16.1. The quantitative estimate of drug-likeness (QED) is 0.741. The molecule has 126 valence electrons. The van der Waals surface area contributed by atoms with Gasteiger partial charge in [0.25, 0.3) is 15.6 Å². The number of aromatic amines is 1. The summed E-state index contributed by atoms with van der Waals surface area (Å²) < 4.78 is 34.0. The Balaban J connectivity index is 2.11. The Morgan fingerprint density at radius 3 is 2.75 bits per heavy atom. The van der Waals surface area contributed by atoms with Crippen molar-refractivity contribution in [3.05, 3.63) is 46.4 Å². The normalized spacial score (nSPS) is 11.6. The third kappa shape index (κ3) is 2.73. The average molecular weight is 348 g/mol. The maximum Gasteiger partial charge on any atom is 0.263 e. The van der Waals surface area contributed by atoms with Crippen molar-refractivity contribution in [2.45, 2.75) is 11.8 Å². The molecule has 0 bridgehead atoms. The largest absolute Gasteiger partial charge is 0.497 e. The number of ether oxygens (including phenoxy) is 1. The SMILES string of the molecule is COc1cccc(S(=O)(=O)Nc2nn(C)c3cc(C)[nH]c(=O)c23)c1. The van der Waals surface area contributed by atoms with Crippen LogP contribution >= 0.6 is 0 Å². The van der Waals surface area contributed by atoms with Gasteiger partial charge in [0.15, 0.2) is 5.82 Å². The first-order valence-corrected chi connectivity index (χ1v) is 8.53. The van der Waals surface area contributed by atoms with Gasteiger partial charge in [0.1, 0.15) is 11.1 Å². The van der Waals surface area contributed by atoms with E-state index in [0.717, 1.165) is 0 Å². The number of aromatic nitrogens is 3. The second-order valence-corrected chi connectivity index (χ2v) is 6.98. The van der Waals surface area contributed by atoms with Gasteiger partial charge in [0, 0.05) is 18.8 Å². The molecule has 0 saturated heterocycles. The van der Waals surface area contributed by atoms with Crippen LogP contribution in [0.15, 0.2) is 40.0 Å². The first-order valence-electron chi connectivity index (χ1n) is 7.05. The smallest absolute Gasteiger partial charge is 0.263 e. The molecule has 2 heterocycles. The summed E-state index contributed by atoms with van der Waals surface area (Å²) in [5.74, 6) is 0.397. The molecule has 3 rings (SSSR count). The molecule has 24 heavy (non-hydrogen) atoms. The fourth-order valence-corrected chi connectivity index (χ4v) is 3.48. The van der Waals surface area contributed by atoms with E-state index in [0.29, 0.717) is 17.0 Å². The second kappa shape index (κ2) is 5.68. The fourth-order valence-electron chi connectivity index (χ4n) is 2.44. The molecule has 8 nitrogen and oxygen atoms in total. The van der Waals surface area contributed by atoms with E-state index in [1.165, 1.54) is 23.9 Å². The Morgan fingerprint density at radius 2 is 2.04 bits per heavy atom. The van der Waals surface area contributed by atoms with E-state index in [4.69, 9.17) is 4.74 Å². The van der Waals surface area contributed by atoms with E-state index in [9.17, 15) is 13.2 Å². The summed E-state index contributed by atoms with van der Waals surface area (Å²) in [6, 6.07) is 7.77. The molecule has 0 aliphatic rings. The number of nitrogens with one attached hydrogen (secondary N) is 2. The van der Waals surface area contributed by atoms with Crippen molar-refractivity contribution < 1.29 is 13.2 Å². The van der Waals surface area contributed by atoms with Crippen molar-refractivity contribution in [2.75, 3.05) is 11.8 Å². The number of benzene rings is 1. The van der Waals surface area contributed by atoms with Crippen LogP contribution in [0.4, 0.5) is 5.82 Å². The Morgan fingerprint density at radius 1 is 1.29 bits per heavy atom. The van der Waals surface area contributed by atoms with E-state index in [-0.39, 0.29) is 16.1 Å². The Hall–Kier alpha value is -2.81. The Kier molecular flexibility index (Phi) is 3.80. The summed E-state index contributed by atoms with van der Waals surface area (Å²) in [6.07, 6.45) is 0. The summed E-state index contributed by atoms with van der Waals surface area (Å²) in [7, 11) is -0.814. The van der Waals surface area contributed by atoms with E-state index in [1.807, 2.05) is 0 Å². The van der Waals surface area contributed by atoms with Gasteiger partial charge < -0.3 is 9.72 Å². The Bertz CT molecular complexity index is 1080. The van der Waals surface area contributed by atoms with Crippen molar-refractivity contribution in [1.82, 2.24) is 14.8 Å². The fraction of sp³-hybridized carbons (Fsp3) is 0.200. The zero-order valence-corrected chi connectivity index (χ0v) is 14.1. The summed E-state index contributed by atoms with van der Waals surface area (Å²) >= 11 is 0. The van der Waals surface area contributed by atoms with Gasteiger partial charge in [-0.15, -0.1) is 0 Å². The minimum Gasteiger partial charge on any atom is -0.497 e. The predicted molar refractivity (Wildman–Crippen MR) is 89.9 cm³/mol. The van der Waals surface area contributed by atoms with Crippen LogP contribution in [0.3, 0.4) is 0 Å². The molecule has 0 aliphatic heterocycles. The molecule has 0 amide bonds. The van der Waals surface area contributed by atoms with Crippen molar-refractivity contribution in [1.29, 1.82) is 0 Å². The van der Waals surface area contributed by atoms with Crippen molar-refractivity contribution in [3.63, 3.8) is 0 Å². The van der Waals surface area contributed by atoms with Gasteiger partial charge in [-0.25, -0.2) is 8.42 Å². The number of sulfonamides is 1. The van der Waals surface area contributed by atoms with Crippen molar-refractivity contribution >= 4 is 26.7 Å². The number of aryl methyl sites for hydroxylation is 2. The standard InChI is InChI=1S/C15H16N4O4S/c1-9-7-12-13(15(20)16-9)14(17-19(12)2)18-24(21,22)11-6-4-5-10(8-11)23-3/h4-8H,1-3H3,(H,16,20)(H,17,18). The highest BCUT2D eigenvalue weighted by Gasteiger charge is 2.20. The summed E-state index contributed by atoms with van der Waals surface area (Å²) in [4.78, 5) is 14.9. The number of nitrogens with zero attached hydrogens (tertiary/aromatic N) is 2. The summed E-state index contributed by atoms with van der Waals surface area (Å²) in [6.45, 7) is 1.74. The molecule has 0 spiro atoms. The third-order valence-electron chi connectivity index (χ3n) is 3.57. The lowest BCUT2D eigenvalue weighted by atomic mass is 10.3. The molecule has 0 unspecified atom stereocenters. The van der Waals surface area contributed by atoms with Crippen molar-refractivity contribution in [3.8, 4) is 5.75 Å². The molecular weight excluding hydrogens is 332 g/mol. The van der Waals surface area contributed by atoms with Gasteiger partial charge in [-0.3, -0.25) is 14.2 Å². The van der Waals surface area contributed by atoms with Gasteiger partial charge in [-0.2, -0.15) is 5.10 Å². The highest BCUT2D eigenvalue weighted by atomic mass is 32.2. The van der Waals surface area contributed by atoms with Gasteiger partial charge in [0.05, 0.1) is 17.5 Å². The second-order valence-electron chi connectivity index (χ2n) is 5.30. The molecule has 9 heteroatoms. The van der Waals surface area contributed by atoms with E-state index >= 15 is 0 Å². The number of pyridine rings is 1. The lowest BCUT2D eigenvalue weighted by Crippen LogP contribution is -2.15. The summed E-state index contributed by atoms with van der Waals surface area (Å²) in [5, 5.41) is 4.31. The highest BCUT2D eigenvalue weighted by Crippen LogP contribution is 2.23. The highest BCUT2D eigenvalue weighted by molar-refractivity contribution is 7.92. The molecule has 0 saturated carbocycles. The average Bonchev–Trinajstić information content (AvgIpc) is 2.82. The third-order valence-corrected chi connectivity index (χ3v) is 4.90. The lowest BCUT2D eigenvalue weighted by Gasteiger charge is -2.07. The van der Waals surface area contributed by atoms with Crippen LogP contribution in [0.5, 0.6) is 5.75 Å². The minimum absolute atomic E-state index is 0.0171.